The number of aliphatic imine (C=N–C) groups is 1. The van der Waals surface area contributed by atoms with Crippen molar-refractivity contribution in [3.8, 4) is 0 Å². The summed E-state index contributed by atoms with van der Waals surface area (Å²) < 4.78 is 0. The van der Waals surface area contributed by atoms with E-state index in [4.69, 9.17) is 4.99 Å². The summed E-state index contributed by atoms with van der Waals surface area (Å²) in [6.45, 7) is 6.75. The largest absolute Gasteiger partial charge is 0.289 e. The van der Waals surface area contributed by atoms with Gasteiger partial charge in [-0.05, 0) is 30.4 Å². The van der Waals surface area contributed by atoms with E-state index in [1.54, 1.807) is 0 Å². The monoisotopic (exact) mass is 277 g/mol. The zero-order valence-corrected chi connectivity index (χ0v) is 13.1. The Morgan fingerprint density at radius 1 is 0.905 bits per heavy atom. The van der Waals surface area contributed by atoms with Gasteiger partial charge in [0.2, 0.25) is 0 Å². The normalized spacial score (nSPS) is 20.6. The Balaban J connectivity index is 2.24. The Morgan fingerprint density at radius 3 is 1.81 bits per heavy atom. The molecule has 0 aromatic heterocycles. The molecule has 3 rings (SSSR count). The summed E-state index contributed by atoms with van der Waals surface area (Å²) in [6, 6.07) is 22.1. The molecule has 0 N–H and O–H groups in total. The third-order valence-corrected chi connectivity index (χ3v) is 4.48. The maximum atomic E-state index is 5.01. The fourth-order valence-electron chi connectivity index (χ4n) is 3.73. The lowest BCUT2D eigenvalue weighted by molar-refractivity contribution is 0.583. The Bertz CT molecular complexity index is 586. The molecule has 0 amide bonds. The predicted molar refractivity (Wildman–Crippen MR) is 90.0 cm³/mol. The van der Waals surface area contributed by atoms with Crippen molar-refractivity contribution < 1.29 is 0 Å². The second-order valence-electron chi connectivity index (χ2n) is 6.36. The van der Waals surface area contributed by atoms with Gasteiger partial charge in [0.1, 0.15) is 0 Å². The summed E-state index contributed by atoms with van der Waals surface area (Å²) in [6.07, 6.45) is 1.06. The molecule has 0 spiro atoms. The lowest BCUT2D eigenvalue weighted by atomic mass is 9.67. The van der Waals surface area contributed by atoms with Crippen LogP contribution in [0.2, 0.25) is 0 Å². The zero-order chi connectivity index (χ0) is 14.9. The highest BCUT2D eigenvalue weighted by molar-refractivity contribution is 6.01. The molecule has 0 saturated carbocycles. The standard InChI is InChI=1S/C20H23N/c1-15(2)19-20(14-16(3)21-19,17-10-6-4-7-11-17)18-12-8-5-9-13-18/h4-13,15-16H,14H2,1-3H3/t16-/m0/s1. The zero-order valence-electron chi connectivity index (χ0n) is 13.1. The van der Waals surface area contributed by atoms with Crippen LogP contribution in [0.5, 0.6) is 0 Å². The summed E-state index contributed by atoms with van der Waals surface area (Å²) in [5.74, 6) is 0.454. The van der Waals surface area contributed by atoms with Gasteiger partial charge in [-0.25, -0.2) is 0 Å². The van der Waals surface area contributed by atoms with Gasteiger partial charge in [0.15, 0.2) is 0 Å². The van der Waals surface area contributed by atoms with E-state index in [1.165, 1.54) is 16.8 Å². The van der Waals surface area contributed by atoms with E-state index in [1.807, 2.05) is 0 Å². The molecule has 108 valence electrons. The highest BCUT2D eigenvalue weighted by atomic mass is 14.9. The van der Waals surface area contributed by atoms with Gasteiger partial charge in [-0.3, -0.25) is 4.99 Å². The smallest absolute Gasteiger partial charge is 0.0603 e. The molecule has 1 heteroatoms. The lowest BCUT2D eigenvalue weighted by Gasteiger charge is -2.34. The van der Waals surface area contributed by atoms with Crippen molar-refractivity contribution in [1.82, 2.24) is 0 Å². The van der Waals surface area contributed by atoms with E-state index in [2.05, 4.69) is 81.4 Å². The van der Waals surface area contributed by atoms with Crippen molar-refractivity contribution >= 4 is 5.71 Å². The van der Waals surface area contributed by atoms with E-state index < -0.39 is 0 Å². The average molecular weight is 277 g/mol. The maximum Gasteiger partial charge on any atom is 0.0603 e. The van der Waals surface area contributed by atoms with E-state index in [9.17, 15) is 0 Å². The predicted octanol–water partition coefficient (Wildman–Crippen LogP) is 4.86. The van der Waals surface area contributed by atoms with E-state index in [0.717, 1.165) is 6.42 Å². The molecular formula is C20H23N. The molecular weight excluding hydrogens is 254 g/mol. The average Bonchev–Trinajstić information content (AvgIpc) is 2.88. The minimum atomic E-state index is -0.0594. The van der Waals surface area contributed by atoms with E-state index in [0.29, 0.717) is 12.0 Å². The first-order chi connectivity index (χ1) is 10.1. The molecule has 1 aliphatic heterocycles. The van der Waals surface area contributed by atoms with Gasteiger partial charge in [0.05, 0.1) is 5.41 Å². The van der Waals surface area contributed by atoms with Crippen LogP contribution in [0.15, 0.2) is 65.7 Å². The van der Waals surface area contributed by atoms with Crippen molar-refractivity contribution in [2.24, 2.45) is 10.9 Å². The van der Waals surface area contributed by atoms with Crippen molar-refractivity contribution in [2.45, 2.75) is 38.6 Å². The molecule has 0 aliphatic carbocycles. The third-order valence-electron chi connectivity index (χ3n) is 4.48. The number of benzene rings is 2. The minimum Gasteiger partial charge on any atom is -0.289 e. The van der Waals surface area contributed by atoms with Gasteiger partial charge in [0.25, 0.3) is 0 Å². The topological polar surface area (TPSA) is 12.4 Å². The molecule has 1 atom stereocenters. The van der Waals surface area contributed by atoms with Crippen LogP contribution in [-0.2, 0) is 5.41 Å². The molecule has 2 aromatic carbocycles. The fourth-order valence-corrected chi connectivity index (χ4v) is 3.73. The van der Waals surface area contributed by atoms with Crippen molar-refractivity contribution in [3.05, 3.63) is 71.8 Å². The first kappa shape index (κ1) is 14.1. The van der Waals surface area contributed by atoms with Gasteiger partial charge >= 0.3 is 0 Å². The maximum absolute atomic E-state index is 5.01. The second kappa shape index (κ2) is 5.48. The van der Waals surface area contributed by atoms with Gasteiger partial charge in [0, 0.05) is 11.8 Å². The second-order valence-corrected chi connectivity index (χ2v) is 6.36. The van der Waals surface area contributed by atoms with Crippen molar-refractivity contribution in [3.63, 3.8) is 0 Å². The quantitative estimate of drug-likeness (QED) is 0.759. The van der Waals surface area contributed by atoms with Crippen LogP contribution in [0, 0.1) is 5.92 Å². The Morgan fingerprint density at radius 2 is 1.38 bits per heavy atom. The molecule has 0 unspecified atom stereocenters. The minimum absolute atomic E-state index is 0.0594. The highest BCUT2D eigenvalue weighted by Gasteiger charge is 2.45. The molecule has 0 bridgehead atoms. The first-order valence-electron chi connectivity index (χ1n) is 7.84. The number of hydrogen-bond acceptors (Lipinski definition) is 1. The summed E-state index contributed by atoms with van der Waals surface area (Å²) in [5, 5.41) is 0. The molecule has 0 saturated heterocycles. The lowest BCUT2D eigenvalue weighted by Crippen LogP contribution is -2.37. The Hall–Kier alpha value is -1.89. The molecule has 0 radical (unpaired) electrons. The summed E-state index contributed by atoms with van der Waals surface area (Å²) in [4.78, 5) is 5.01. The van der Waals surface area contributed by atoms with Gasteiger partial charge in [-0.15, -0.1) is 0 Å². The van der Waals surface area contributed by atoms with Crippen LogP contribution in [0.1, 0.15) is 38.3 Å². The van der Waals surface area contributed by atoms with Gasteiger partial charge < -0.3 is 0 Å². The van der Waals surface area contributed by atoms with Crippen molar-refractivity contribution in [1.29, 1.82) is 0 Å². The molecule has 1 heterocycles. The summed E-state index contributed by atoms with van der Waals surface area (Å²) in [5.41, 5.74) is 4.00. The first-order valence-corrected chi connectivity index (χ1v) is 7.84. The van der Waals surface area contributed by atoms with Crippen LogP contribution in [-0.4, -0.2) is 11.8 Å². The third kappa shape index (κ3) is 2.31. The molecule has 21 heavy (non-hydrogen) atoms. The van der Waals surface area contributed by atoms with Crippen molar-refractivity contribution in [2.75, 3.05) is 0 Å². The Labute approximate surface area is 127 Å². The van der Waals surface area contributed by atoms with E-state index in [-0.39, 0.29) is 5.41 Å². The van der Waals surface area contributed by atoms with E-state index >= 15 is 0 Å². The summed E-state index contributed by atoms with van der Waals surface area (Å²) in [7, 11) is 0. The van der Waals surface area contributed by atoms with Crippen LogP contribution in [0.25, 0.3) is 0 Å². The SMILES string of the molecule is CC(C)C1=N[C@@H](C)CC1(c1ccccc1)c1ccccc1. The number of rotatable bonds is 3. The molecule has 0 fully saturated rings. The number of nitrogens with zero attached hydrogens (tertiary/aromatic N) is 1. The van der Waals surface area contributed by atoms with Crippen LogP contribution in [0.3, 0.4) is 0 Å². The van der Waals surface area contributed by atoms with Gasteiger partial charge in [-0.1, -0.05) is 74.5 Å². The highest BCUT2D eigenvalue weighted by Crippen LogP contribution is 2.44. The molecule has 1 aliphatic rings. The van der Waals surface area contributed by atoms with Crippen LogP contribution in [0.4, 0.5) is 0 Å². The molecule has 2 aromatic rings. The molecule has 1 nitrogen and oxygen atoms in total. The fraction of sp³-hybridized carbons (Fsp3) is 0.350. The van der Waals surface area contributed by atoms with Crippen LogP contribution >= 0.6 is 0 Å². The summed E-state index contributed by atoms with van der Waals surface area (Å²) >= 11 is 0. The number of hydrogen-bond donors (Lipinski definition) is 0. The van der Waals surface area contributed by atoms with Gasteiger partial charge in [-0.2, -0.15) is 0 Å². The Kier molecular flexibility index (Phi) is 3.67. The van der Waals surface area contributed by atoms with Crippen LogP contribution < -0.4 is 0 Å².